The largest absolute Gasteiger partial charge is 0.494 e. The SMILES string of the molecule is CCOc1ccc(Nc2nc(Nc3cccc(C)c3)nc(N3CCOCC3)n2)cc1.Cl. The van der Waals surface area contributed by atoms with E-state index in [0.29, 0.717) is 37.7 Å². The van der Waals surface area contributed by atoms with Gasteiger partial charge < -0.3 is 25.0 Å². The minimum absolute atomic E-state index is 0. The van der Waals surface area contributed by atoms with E-state index in [4.69, 9.17) is 9.47 Å². The van der Waals surface area contributed by atoms with E-state index < -0.39 is 0 Å². The zero-order valence-corrected chi connectivity index (χ0v) is 18.5. The predicted octanol–water partition coefficient (Wildman–Crippen LogP) is 4.32. The van der Waals surface area contributed by atoms with Crippen molar-refractivity contribution in [1.82, 2.24) is 15.0 Å². The number of aryl methyl sites for hydroxylation is 1. The fourth-order valence-corrected chi connectivity index (χ4v) is 3.16. The second kappa shape index (κ2) is 10.8. The predicted molar refractivity (Wildman–Crippen MR) is 125 cm³/mol. The van der Waals surface area contributed by atoms with Crippen molar-refractivity contribution in [1.29, 1.82) is 0 Å². The Morgan fingerprint density at radius 1 is 0.935 bits per heavy atom. The molecule has 0 unspecified atom stereocenters. The quantitative estimate of drug-likeness (QED) is 0.559. The molecule has 1 aliphatic heterocycles. The standard InChI is InChI=1S/C22H26N6O2.ClH/c1-3-30-19-9-7-17(8-10-19)23-20-25-21(24-18-6-4-5-16(2)15-18)27-22(26-20)28-11-13-29-14-12-28;/h4-10,15H,3,11-14H2,1-2H3,(H2,23,24,25,26,27);1H. The van der Waals surface area contributed by atoms with E-state index in [1.54, 1.807) is 0 Å². The first-order valence-corrected chi connectivity index (χ1v) is 10.1. The molecule has 0 atom stereocenters. The van der Waals surface area contributed by atoms with Crippen LogP contribution in [-0.4, -0.2) is 47.9 Å². The Morgan fingerprint density at radius 2 is 1.61 bits per heavy atom. The van der Waals surface area contributed by atoms with E-state index in [9.17, 15) is 0 Å². The van der Waals surface area contributed by atoms with E-state index in [2.05, 4.69) is 49.5 Å². The number of halogens is 1. The van der Waals surface area contributed by atoms with Gasteiger partial charge in [0, 0.05) is 24.5 Å². The molecule has 0 spiro atoms. The summed E-state index contributed by atoms with van der Waals surface area (Å²) in [5.74, 6) is 2.42. The number of benzene rings is 2. The second-order valence-electron chi connectivity index (χ2n) is 6.96. The molecule has 31 heavy (non-hydrogen) atoms. The Bertz CT molecular complexity index is 980. The molecule has 0 saturated carbocycles. The molecule has 1 saturated heterocycles. The highest BCUT2D eigenvalue weighted by atomic mass is 35.5. The van der Waals surface area contributed by atoms with Gasteiger partial charge in [-0.2, -0.15) is 15.0 Å². The summed E-state index contributed by atoms with van der Waals surface area (Å²) in [6.45, 7) is 7.47. The molecule has 2 aromatic carbocycles. The van der Waals surface area contributed by atoms with Crippen LogP contribution in [0.3, 0.4) is 0 Å². The monoisotopic (exact) mass is 442 g/mol. The van der Waals surface area contributed by atoms with Gasteiger partial charge in [-0.15, -0.1) is 12.4 Å². The number of rotatable bonds is 7. The van der Waals surface area contributed by atoms with Crippen LogP contribution in [0.5, 0.6) is 5.75 Å². The normalized spacial score (nSPS) is 13.3. The fraction of sp³-hybridized carbons (Fsp3) is 0.318. The van der Waals surface area contributed by atoms with Crippen molar-refractivity contribution in [3.8, 4) is 5.75 Å². The van der Waals surface area contributed by atoms with Crippen LogP contribution in [0.4, 0.5) is 29.2 Å². The van der Waals surface area contributed by atoms with Crippen LogP contribution in [0.2, 0.25) is 0 Å². The van der Waals surface area contributed by atoms with Crippen molar-refractivity contribution >= 4 is 41.6 Å². The maximum Gasteiger partial charge on any atom is 0.233 e. The topological polar surface area (TPSA) is 84.4 Å². The number of hydrogen-bond donors (Lipinski definition) is 2. The van der Waals surface area contributed by atoms with Gasteiger partial charge in [-0.25, -0.2) is 0 Å². The molecule has 0 amide bonds. The van der Waals surface area contributed by atoms with Crippen LogP contribution in [0, 0.1) is 6.92 Å². The summed E-state index contributed by atoms with van der Waals surface area (Å²) in [5.41, 5.74) is 2.97. The fourth-order valence-electron chi connectivity index (χ4n) is 3.16. The first-order valence-electron chi connectivity index (χ1n) is 10.1. The van der Waals surface area contributed by atoms with Gasteiger partial charge in [0.15, 0.2) is 0 Å². The first-order chi connectivity index (χ1) is 14.7. The third-order valence-electron chi connectivity index (χ3n) is 4.61. The lowest BCUT2D eigenvalue weighted by Gasteiger charge is -2.27. The average molecular weight is 443 g/mol. The molecular weight excluding hydrogens is 416 g/mol. The molecular formula is C22H27ClN6O2. The van der Waals surface area contributed by atoms with Crippen LogP contribution in [0.15, 0.2) is 48.5 Å². The van der Waals surface area contributed by atoms with Crippen molar-refractivity contribution in [3.63, 3.8) is 0 Å². The molecule has 9 heteroatoms. The van der Waals surface area contributed by atoms with Crippen molar-refractivity contribution in [2.24, 2.45) is 0 Å². The number of hydrogen-bond acceptors (Lipinski definition) is 8. The van der Waals surface area contributed by atoms with E-state index in [-0.39, 0.29) is 12.4 Å². The van der Waals surface area contributed by atoms with Gasteiger partial charge in [0.25, 0.3) is 0 Å². The molecule has 8 nitrogen and oxygen atoms in total. The first kappa shape index (κ1) is 22.6. The molecule has 0 radical (unpaired) electrons. The molecule has 1 fully saturated rings. The number of nitrogens with zero attached hydrogens (tertiary/aromatic N) is 4. The summed E-state index contributed by atoms with van der Waals surface area (Å²) >= 11 is 0. The lowest BCUT2D eigenvalue weighted by Crippen LogP contribution is -2.37. The summed E-state index contributed by atoms with van der Waals surface area (Å²) in [6, 6.07) is 15.8. The summed E-state index contributed by atoms with van der Waals surface area (Å²) in [7, 11) is 0. The Labute approximate surface area is 188 Å². The molecule has 1 aromatic heterocycles. The Kier molecular flexibility index (Phi) is 7.86. The average Bonchev–Trinajstić information content (AvgIpc) is 2.76. The maximum atomic E-state index is 5.51. The summed E-state index contributed by atoms with van der Waals surface area (Å²) in [5, 5.41) is 6.57. The van der Waals surface area contributed by atoms with Crippen molar-refractivity contribution in [2.45, 2.75) is 13.8 Å². The van der Waals surface area contributed by atoms with Gasteiger partial charge in [-0.1, -0.05) is 12.1 Å². The van der Waals surface area contributed by atoms with Crippen LogP contribution < -0.4 is 20.3 Å². The number of anilines is 5. The van der Waals surface area contributed by atoms with Crippen LogP contribution in [0.25, 0.3) is 0 Å². The zero-order valence-electron chi connectivity index (χ0n) is 17.7. The van der Waals surface area contributed by atoms with Crippen LogP contribution in [0.1, 0.15) is 12.5 Å². The van der Waals surface area contributed by atoms with Gasteiger partial charge in [-0.05, 0) is 55.8 Å². The summed E-state index contributed by atoms with van der Waals surface area (Å²) < 4.78 is 11.0. The molecule has 1 aliphatic rings. The minimum atomic E-state index is 0. The maximum absolute atomic E-state index is 5.51. The van der Waals surface area contributed by atoms with E-state index in [1.165, 1.54) is 0 Å². The van der Waals surface area contributed by atoms with Crippen LogP contribution >= 0.6 is 12.4 Å². The minimum Gasteiger partial charge on any atom is -0.494 e. The van der Waals surface area contributed by atoms with Crippen molar-refractivity contribution < 1.29 is 9.47 Å². The van der Waals surface area contributed by atoms with E-state index >= 15 is 0 Å². The van der Waals surface area contributed by atoms with Crippen molar-refractivity contribution in [3.05, 3.63) is 54.1 Å². The van der Waals surface area contributed by atoms with E-state index in [0.717, 1.165) is 35.8 Å². The number of morpholine rings is 1. The smallest absolute Gasteiger partial charge is 0.233 e. The highest BCUT2D eigenvalue weighted by molar-refractivity contribution is 5.85. The molecule has 4 rings (SSSR count). The van der Waals surface area contributed by atoms with Gasteiger partial charge in [0.2, 0.25) is 17.8 Å². The summed E-state index contributed by atoms with van der Waals surface area (Å²) in [4.78, 5) is 16.0. The summed E-state index contributed by atoms with van der Waals surface area (Å²) in [6.07, 6.45) is 0. The number of ether oxygens (including phenoxy) is 2. The zero-order chi connectivity index (χ0) is 20.8. The van der Waals surface area contributed by atoms with Crippen molar-refractivity contribution in [2.75, 3.05) is 48.4 Å². The highest BCUT2D eigenvalue weighted by Gasteiger charge is 2.17. The van der Waals surface area contributed by atoms with Crippen LogP contribution in [-0.2, 0) is 4.74 Å². The Balaban J connectivity index is 0.00000272. The number of nitrogens with one attached hydrogen (secondary N) is 2. The van der Waals surface area contributed by atoms with Gasteiger partial charge >= 0.3 is 0 Å². The van der Waals surface area contributed by atoms with Gasteiger partial charge in [0.05, 0.1) is 19.8 Å². The molecule has 164 valence electrons. The Morgan fingerprint density at radius 3 is 2.26 bits per heavy atom. The molecule has 3 aromatic rings. The lowest BCUT2D eigenvalue weighted by atomic mass is 10.2. The second-order valence-corrected chi connectivity index (χ2v) is 6.96. The molecule has 2 heterocycles. The molecule has 0 aliphatic carbocycles. The Hall–Kier alpha value is -3.10. The highest BCUT2D eigenvalue weighted by Crippen LogP contribution is 2.23. The third kappa shape index (κ3) is 6.19. The lowest BCUT2D eigenvalue weighted by molar-refractivity contribution is 0.122. The van der Waals surface area contributed by atoms with Gasteiger partial charge in [-0.3, -0.25) is 0 Å². The molecule has 2 N–H and O–H groups in total. The van der Waals surface area contributed by atoms with Gasteiger partial charge in [0.1, 0.15) is 5.75 Å². The molecule has 0 bridgehead atoms. The van der Waals surface area contributed by atoms with E-state index in [1.807, 2.05) is 43.3 Å². The number of aromatic nitrogens is 3. The third-order valence-corrected chi connectivity index (χ3v) is 4.61.